The molecule has 0 aromatic heterocycles. The van der Waals surface area contributed by atoms with E-state index in [1.165, 1.54) is 0 Å². The van der Waals surface area contributed by atoms with Gasteiger partial charge in [0.1, 0.15) is 0 Å². The first-order valence-corrected chi connectivity index (χ1v) is 6.93. The third-order valence-corrected chi connectivity index (χ3v) is 4.36. The minimum atomic E-state index is -0.873. The third-order valence-electron chi connectivity index (χ3n) is 4.36. The lowest BCUT2D eigenvalue weighted by molar-refractivity contribution is -0.150. The van der Waals surface area contributed by atoms with Gasteiger partial charge in [-0.3, -0.25) is 9.59 Å². The smallest absolute Gasteiger partial charge is 0.311 e. The zero-order chi connectivity index (χ0) is 15.6. The van der Waals surface area contributed by atoms with Crippen molar-refractivity contribution in [2.24, 2.45) is 11.3 Å². The van der Waals surface area contributed by atoms with Crippen LogP contribution in [0.5, 0.6) is 0 Å². The summed E-state index contributed by atoms with van der Waals surface area (Å²) in [6.45, 7) is 4.40. The van der Waals surface area contributed by atoms with Crippen LogP contribution in [0.25, 0.3) is 0 Å². The number of likely N-dealkylation sites (tertiary alicyclic amines) is 1. The van der Waals surface area contributed by atoms with Gasteiger partial charge in [-0.05, 0) is 30.5 Å². The lowest BCUT2D eigenvalue weighted by atomic mass is 9.76. The van der Waals surface area contributed by atoms with Gasteiger partial charge >= 0.3 is 5.97 Å². The van der Waals surface area contributed by atoms with Gasteiger partial charge in [-0.1, -0.05) is 19.9 Å². The minimum Gasteiger partial charge on any atom is -0.481 e. The van der Waals surface area contributed by atoms with Crippen molar-refractivity contribution in [3.05, 3.63) is 35.4 Å². The number of carboxylic acids is 1. The Kier molecular flexibility index (Phi) is 3.99. The molecule has 5 nitrogen and oxygen atoms in total. The van der Waals surface area contributed by atoms with Gasteiger partial charge in [0, 0.05) is 18.7 Å². The Morgan fingerprint density at radius 3 is 2.67 bits per heavy atom. The molecule has 1 aliphatic heterocycles. The molecule has 1 fully saturated rings. The Morgan fingerprint density at radius 2 is 2.14 bits per heavy atom. The number of carbonyl (C=O) groups is 2. The summed E-state index contributed by atoms with van der Waals surface area (Å²) >= 11 is 0. The van der Waals surface area contributed by atoms with Crippen molar-refractivity contribution in [3.8, 4) is 6.07 Å². The van der Waals surface area contributed by atoms with E-state index in [-0.39, 0.29) is 18.4 Å². The van der Waals surface area contributed by atoms with Crippen molar-refractivity contribution in [2.75, 3.05) is 13.1 Å². The molecule has 5 heteroatoms. The Bertz CT molecular complexity index is 618. The maximum Gasteiger partial charge on any atom is 0.311 e. The highest BCUT2D eigenvalue weighted by molar-refractivity contribution is 5.95. The van der Waals surface area contributed by atoms with Crippen LogP contribution in [-0.2, 0) is 4.79 Å². The number of aliphatic carboxylic acids is 1. The molecular weight excluding hydrogens is 268 g/mol. The van der Waals surface area contributed by atoms with Crippen molar-refractivity contribution < 1.29 is 14.7 Å². The van der Waals surface area contributed by atoms with Crippen LogP contribution < -0.4 is 0 Å². The maximum atomic E-state index is 12.5. The van der Waals surface area contributed by atoms with Crippen LogP contribution in [0, 0.1) is 22.7 Å². The highest BCUT2D eigenvalue weighted by atomic mass is 16.4. The van der Waals surface area contributed by atoms with E-state index in [9.17, 15) is 14.7 Å². The molecule has 1 unspecified atom stereocenters. The summed E-state index contributed by atoms with van der Waals surface area (Å²) in [4.78, 5) is 25.6. The number of nitrogens with zero attached hydrogens (tertiary/aromatic N) is 2. The molecule has 2 rings (SSSR count). The number of benzene rings is 1. The predicted octanol–water partition coefficient (Wildman–Crippen LogP) is 2.13. The second-order valence-electron chi connectivity index (χ2n) is 5.79. The average Bonchev–Trinajstić information content (AvgIpc) is 2.93. The summed E-state index contributed by atoms with van der Waals surface area (Å²) in [7, 11) is 0. The standard InChI is InChI=1S/C16H18N2O3/c1-11(2)16(15(20)21)6-7-18(10-16)14(19)13-5-3-4-12(8-13)9-17/h3-5,8,11H,6-7,10H2,1-2H3,(H,20,21). The van der Waals surface area contributed by atoms with Gasteiger partial charge in [0.2, 0.25) is 0 Å². The fourth-order valence-corrected chi connectivity index (χ4v) is 2.80. The number of carbonyl (C=O) groups excluding carboxylic acids is 1. The van der Waals surface area contributed by atoms with Crippen molar-refractivity contribution in [2.45, 2.75) is 20.3 Å². The lowest BCUT2D eigenvalue weighted by Gasteiger charge is -2.28. The van der Waals surface area contributed by atoms with Crippen LogP contribution >= 0.6 is 0 Å². The van der Waals surface area contributed by atoms with E-state index >= 15 is 0 Å². The molecule has 1 N–H and O–H groups in total. The first kappa shape index (κ1) is 15.0. The summed E-state index contributed by atoms with van der Waals surface area (Å²) in [5, 5.41) is 18.4. The SMILES string of the molecule is CC(C)C1(C(=O)O)CCN(C(=O)c2cccc(C#N)c2)C1. The van der Waals surface area contributed by atoms with Crippen molar-refractivity contribution in [3.63, 3.8) is 0 Å². The molecule has 1 aliphatic rings. The van der Waals surface area contributed by atoms with Crippen LogP contribution in [0.3, 0.4) is 0 Å². The summed E-state index contributed by atoms with van der Waals surface area (Å²) in [6.07, 6.45) is 0.462. The number of hydrogen-bond acceptors (Lipinski definition) is 3. The Balaban J connectivity index is 2.23. The molecule has 1 atom stereocenters. The molecule has 1 amide bonds. The number of amides is 1. The number of rotatable bonds is 3. The molecule has 1 heterocycles. The van der Waals surface area contributed by atoms with E-state index in [1.807, 2.05) is 19.9 Å². The topological polar surface area (TPSA) is 81.4 Å². The van der Waals surface area contributed by atoms with Gasteiger partial charge in [-0.2, -0.15) is 5.26 Å². The van der Waals surface area contributed by atoms with Crippen LogP contribution in [0.4, 0.5) is 0 Å². The second-order valence-corrected chi connectivity index (χ2v) is 5.79. The molecule has 0 radical (unpaired) electrons. The quantitative estimate of drug-likeness (QED) is 0.923. The molecular formula is C16H18N2O3. The van der Waals surface area contributed by atoms with E-state index in [2.05, 4.69) is 0 Å². The van der Waals surface area contributed by atoms with Crippen LogP contribution in [-0.4, -0.2) is 35.0 Å². The third kappa shape index (κ3) is 2.62. The van der Waals surface area contributed by atoms with Crippen molar-refractivity contribution >= 4 is 11.9 Å². The van der Waals surface area contributed by atoms with E-state index in [4.69, 9.17) is 5.26 Å². The van der Waals surface area contributed by atoms with Gasteiger partial charge < -0.3 is 10.0 Å². The number of carboxylic acid groups (broad SMARTS) is 1. The van der Waals surface area contributed by atoms with Gasteiger partial charge in [-0.15, -0.1) is 0 Å². The molecule has 0 saturated carbocycles. The van der Waals surface area contributed by atoms with Crippen molar-refractivity contribution in [1.82, 2.24) is 4.90 Å². The summed E-state index contributed by atoms with van der Waals surface area (Å²) < 4.78 is 0. The molecule has 1 aromatic carbocycles. The highest BCUT2D eigenvalue weighted by Gasteiger charge is 2.48. The summed E-state index contributed by atoms with van der Waals surface area (Å²) in [5.41, 5.74) is -0.0184. The molecule has 110 valence electrons. The zero-order valence-electron chi connectivity index (χ0n) is 12.2. The minimum absolute atomic E-state index is 0.0433. The number of hydrogen-bond donors (Lipinski definition) is 1. The van der Waals surface area contributed by atoms with E-state index in [1.54, 1.807) is 29.2 Å². The largest absolute Gasteiger partial charge is 0.481 e. The second kappa shape index (κ2) is 5.57. The maximum absolute atomic E-state index is 12.5. The molecule has 0 spiro atoms. The summed E-state index contributed by atoms with van der Waals surface area (Å²) in [6, 6.07) is 8.49. The van der Waals surface area contributed by atoms with Gasteiger partial charge in [0.05, 0.1) is 17.0 Å². The Morgan fingerprint density at radius 1 is 1.43 bits per heavy atom. The van der Waals surface area contributed by atoms with Gasteiger partial charge in [-0.25, -0.2) is 0 Å². The molecule has 1 saturated heterocycles. The predicted molar refractivity (Wildman–Crippen MR) is 76.6 cm³/mol. The molecule has 0 bridgehead atoms. The van der Waals surface area contributed by atoms with E-state index in [0.717, 1.165) is 0 Å². The summed E-state index contributed by atoms with van der Waals surface area (Å²) in [5.74, 6) is -1.10. The van der Waals surface area contributed by atoms with Crippen molar-refractivity contribution in [1.29, 1.82) is 5.26 Å². The number of nitriles is 1. The molecule has 0 aliphatic carbocycles. The van der Waals surface area contributed by atoms with Crippen LogP contribution in [0.15, 0.2) is 24.3 Å². The van der Waals surface area contributed by atoms with Gasteiger partial charge in [0.15, 0.2) is 0 Å². The van der Waals surface area contributed by atoms with Gasteiger partial charge in [0.25, 0.3) is 5.91 Å². The molecule has 21 heavy (non-hydrogen) atoms. The van der Waals surface area contributed by atoms with Crippen LogP contribution in [0.1, 0.15) is 36.2 Å². The zero-order valence-corrected chi connectivity index (χ0v) is 12.2. The lowest BCUT2D eigenvalue weighted by Crippen LogP contribution is -2.40. The average molecular weight is 286 g/mol. The molecule has 1 aromatic rings. The monoisotopic (exact) mass is 286 g/mol. The fourth-order valence-electron chi connectivity index (χ4n) is 2.80. The Labute approximate surface area is 123 Å². The van der Waals surface area contributed by atoms with Crippen LogP contribution in [0.2, 0.25) is 0 Å². The highest BCUT2D eigenvalue weighted by Crippen LogP contribution is 2.38. The normalized spacial score (nSPS) is 21.3. The van der Waals surface area contributed by atoms with E-state index in [0.29, 0.717) is 24.1 Å². The Hall–Kier alpha value is -2.35. The first-order valence-electron chi connectivity index (χ1n) is 6.93. The fraction of sp³-hybridized carbons (Fsp3) is 0.438. The van der Waals surface area contributed by atoms with E-state index < -0.39 is 11.4 Å². The first-order chi connectivity index (χ1) is 9.90.